The minimum atomic E-state index is 0.250. The first kappa shape index (κ1) is 12.7. The van der Waals surface area contributed by atoms with Crippen LogP contribution in [0, 0.1) is 0 Å². The molecule has 0 spiro atoms. The van der Waals surface area contributed by atoms with Gasteiger partial charge in [0.1, 0.15) is 17.6 Å². The molecular weight excluding hydrogens is 262 g/mol. The zero-order valence-electron chi connectivity index (χ0n) is 12.0. The Kier molecular flexibility index (Phi) is 3.28. The molecule has 108 valence electrons. The number of para-hydroxylation sites is 1. The van der Waals surface area contributed by atoms with Crippen LogP contribution in [0.1, 0.15) is 16.7 Å². The molecule has 0 saturated heterocycles. The summed E-state index contributed by atoms with van der Waals surface area (Å²) in [5.74, 6) is 2.09. The average Bonchev–Trinajstić information content (AvgIpc) is 3.12. The summed E-state index contributed by atoms with van der Waals surface area (Å²) in [5, 5.41) is 3.50. The van der Waals surface area contributed by atoms with Crippen molar-refractivity contribution in [3.8, 4) is 11.5 Å². The molecule has 0 fully saturated rings. The van der Waals surface area contributed by atoms with E-state index < -0.39 is 0 Å². The Bertz CT molecular complexity index is 628. The first-order chi connectivity index (χ1) is 10.4. The quantitative estimate of drug-likeness (QED) is 0.934. The highest BCUT2D eigenvalue weighted by Crippen LogP contribution is 2.28. The van der Waals surface area contributed by atoms with Crippen molar-refractivity contribution in [1.29, 1.82) is 0 Å². The maximum absolute atomic E-state index is 5.94. The fraction of sp³-hybridized carbons (Fsp3) is 0.333. The Morgan fingerprint density at radius 2 is 2.00 bits per heavy atom. The average molecular weight is 281 g/mol. The molecule has 0 saturated carbocycles. The topological polar surface area (TPSA) is 30.5 Å². The number of benzene rings is 2. The van der Waals surface area contributed by atoms with Crippen LogP contribution in [0.25, 0.3) is 0 Å². The third-order valence-electron chi connectivity index (χ3n) is 4.17. The highest BCUT2D eigenvalue weighted by atomic mass is 16.5. The van der Waals surface area contributed by atoms with Crippen LogP contribution in [0.5, 0.6) is 11.5 Å². The zero-order valence-corrected chi connectivity index (χ0v) is 12.0. The van der Waals surface area contributed by atoms with Crippen LogP contribution in [0.2, 0.25) is 0 Å². The van der Waals surface area contributed by atoms with Gasteiger partial charge in [-0.15, -0.1) is 0 Å². The minimum Gasteiger partial charge on any atom is -0.493 e. The fourth-order valence-electron chi connectivity index (χ4n) is 3.10. The van der Waals surface area contributed by atoms with Gasteiger partial charge in [-0.2, -0.15) is 0 Å². The van der Waals surface area contributed by atoms with Crippen molar-refractivity contribution in [3.05, 3.63) is 59.2 Å². The summed E-state index contributed by atoms with van der Waals surface area (Å²) in [6, 6.07) is 14.8. The van der Waals surface area contributed by atoms with Gasteiger partial charge >= 0.3 is 0 Å². The molecule has 2 aliphatic rings. The molecule has 2 aromatic carbocycles. The number of hydrogen-bond acceptors (Lipinski definition) is 3. The fourth-order valence-corrected chi connectivity index (χ4v) is 3.10. The lowest BCUT2D eigenvalue weighted by molar-refractivity contribution is 0.227. The smallest absolute Gasteiger partial charge is 0.123 e. The summed E-state index contributed by atoms with van der Waals surface area (Å²) < 4.78 is 11.5. The maximum Gasteiger partial charge on any atom is 0.123 e. The standard InChI is InChI=1S/C18H19NO2/c1-2-4-18-14(3-1)10-16(21-18)12-19-11-13-5-6-17-15(9-13)7-8-20-17/h1-6,9,16,19H,7-8,10-12H2. The van der Waals surface area contributed by atoms with Gasteiger partial charge in [-0.1, -0.05) is 30.3 Å². The summed E-state index contributed by atoms with van der Waals surface area (Å²) in [4.78, 5) is 0. The molecule has 21 heavy (non-hydrogen) atoms. The van der Waals surface area contributed by atoms with Crippen molar-refractivity contribution in [2.45, 2.75) is 25.5 Å². The molecule has 0 bridgehead atoms. The van der Waals surface area contributed by atoms with E-state index in [1.54, 1.807) is 0 Å². The Morgan fingerprint density at radius 1 is 1.05 bits per heavy atom. The summed E-state index contributed by atoms with van der Waals surface area (Å²) in [7, 11) is 0. The number of hydrogen-bond donors (Lipinski definition) is 1. The molecule has 2 heterocycles. The van der Waals surface area contributed by atoms with Gasteiger partial charge in [0.05, 0.1) is 6.61 Å². The van der Waals surface area contributed by atoms with Gasteiger partial charge in [-0.3, -0.25) is 0 Å². The SMILES string of the molecule is c1ccc2c(c1)CC(CNCc1ccc3c(c1)CCO3)O2. The molecule has 1 unspecified atom stereocenters. The van der Waals surface area contributed by atoms with Crippen molar-refractivity contribution in [1.82, 2.24) is 5.32 Å². The summed E-state index contributed by atoms with van der Waals surface area (Å²) in [6.45, 7) is 2.58. The molecular formula is C18H19NO2. The van der Waals surface area contributed by atoms with E-state index in [0.29, 0.717) is 0 Å². The van der Waals surface area contributed by atoms with Gasteiger partial charge in [0, 0.05) is 25.9 Å². The second kappa shape index (κ2) is 5.41. The molecule has 3 nitrogen and oxygen atoms in total. The van der Waals surface area contributed by atoms with Crippen LogP contribution >= 0.6 is 0 Å². The van der Waals surface area contributed by atoms with Gasteiger partial charge in [0.25, 0.3) is 0 Å². The first-order valence-corrected chi connectivity index (χ1v) is 7.58. The van der Waals surface area contributed by atoms with Crippen LogP contribution in [-0.4, -0.2) is 19.3 Å². The molecule has 3 heteroatoms. The molecule has 1 atom stereocenters. The van der Waals surface area contributed by atoms with E-state index in [4.69, 9.17) is 9.47 Å². The largest absolute Gasteiger partial charge is 0.493 e. The van der Waals surface area contributed by atoms with Gasteiger partial charge in [-0.25, -0.2) is 0 Å². The van der Waals surface area contributed by atoms with E-state index in [1.165, 1.54) is 16.7 Å². The molecule has 0 amide bonds. The van der Waals surface area contributed by atoms with E-state index in [2.05, 4.69) is 41.7 Å². The highest BCUT2D eigenvalue weighted by Gasteiger charge is 2.21. The summed E-state index contributed by atoms with van der Waals surface area (Å²) >= 11 is 0. The van der Waals surface area contributed by atoms with Crippen molar-refractivity contribution in [3.63, 3.8) is 0 Å². The Hall–Kier alpha value is -2.00. The van der Waals surface area contributed by atoms with Crippen LogP contribution in [-0.2, 0) is 19.4 Å². The van der Waals surface area contributed by atoms with Gasteiger partial charge < -0.3 is 14.8 Å². The van der Waals surface area contributed by atoms with Gasteiger partial charge in [0.2, 0.25) is 0 Å². The highest BCUT2D eigenvalue weighted by molar-refractivity contribution is 5.40. The lowest BCUT2D eigenvalue weighted by Gasteiger charge is -2.12. The van der Waals surface area contributed by atoms with Gasteiger partial charge in [-0.05, 0) is 28.8 Å². The molecule has 2 aromatic rings. The van der Waals surface area contributed by atoms with E-state index in [1.807, 2.05) is 6.07 Å². The molecule has 1 N–H and O–H groups in total. The maximum atomic E-state index is 5.94. The van der Waals surface area contributed by atoms with E-state index in [0.717, 1.165) is 44.0 Å². The predicted octanol–water partition coefficient (Wildman–Crippen LogP) is 2.71. The number of rotatable bonds is 4. The molecule has 2 aliphatic heterocycles. The second-order valence-corrected chi connectivity index (χ2v) is 5.72. The van der Waals surface area contributed by atoms with Crippen LogP contribution in [0.4, 0.5) is 0 Å². The van der Waals surface area contributed by atoms with Crippen molar-refractivity contribution in [2.24, 2.45) is 0 Å². The van der Waals surface area contributed by atoms with Crippen molar-refractivity contribution in [2.75, 3.05) is 13.2 Å². The number of nitrogens with one attached hydrogen (secondary N) is 1. The zero-order chi connectivity index (χ0) is 14.1. The normalized spacial score (nSPS) is 18.8. The lowest BCUT2D eigenvalue weighted by Crippen LogP contribution is -2.29. The predicted molar refractivity (Wildman–Crippen MR) is 81.9 cm³/mol. The Labute approximate surface area is 124 Å². The van der Waals surface area contributed by atoms with Crippen LogP contribution in [0.3, 0.4) is 0 Å². The monoisotopic (exact) mass is 281 g/mol. The first-order valence-electron chi connectivity index (χ1n) is 7.58. The van der Waals surface area contributed by atoms with Crippen molar-refractivity contribution >= 4 is 0 Å². The summed E-state index contributed by atoms with van der Waals surface area (Å²) in [6.07, 6.45) is 2.28. The van der Waals surface area contributed by atoms with Gasteiger partial charge in [0.15, 0.2) is 0 Å². The molecule has 0 aliphatic carbocycles. The molecule has 4 rings (SSSR count). The third kappa shape index (κ3) is 2.61. The third-order valence-corrected chi connectivity index (χ3v) is 4.17. The minimum absolute atomic E-state index is 0.250. The van der Waals surface area contributed by atoms with Crippen LogP contribution < -0.4 is 14.8 Å². The Balaban J connectivity index is 1.31. The van der Waals surface area contributed by atoms with E-state index in [-0.39, 0.29) is 6.10 Å². The van der Waals surface area contributed by atoms with E-state index in [9.17, 15) is 0 Å². The molecule has 0 aromatic heterocycles. The van der Waals surface area contributed by atoms with Crippen LogP contribution in [0.15, 0.2) is 42.5 Å². The summed E-state index contributed by atoms with van der Waals surface area (Å²) in [5.41, 5.74) is 3.97. The number of fused-ring (bicyclic) bond motifs is 2. The lowest BCUT2D eigenvalue weighted by atomic mass is 10.1. The molecule has 0 radical (unpaired) electrons. The number of ether oxygens (including phenoxy) is 2. The van der Waals surface area contributed by atoms with E-state index >= 15 is 0 Å². The second-order valence-electron chi connectivity index (χ2n) is 5.72. The van der Waals surface area contributed by atoms with Crippen molar-refractivity contribution < 1.29 is 9.47 Å². The Morgan fingerprint density at radius 3 is 2.95 bits per heavy atom.